The van der Waals surface area contributed by atoms with E-state index in [1.54, 1.807) is 11.3 Å². The van der Waals surface area contributed by atoms with Gasteiger partial charge in [0, 0.05) is 18.0 Å². The predicted octanol–water partition coefficient (Wildman–Crippen LogP) is 2.55. The number of rotatable bonds is 6. The molecule has 1 aromatic heterocycles. The van der Waals surface area contributed by atoms with E-state index in [2.05, 4.69) is 53.3 Å². The van der Waals surface area contributed by atoms with Crippen molar-refractivity contribution in [3.05, 3.63) is 15.6 Å². The lowest BCUT2D eigenvalue weighted by atomic mass is 9.94. The van der Waals surface area contributed by atoms with Crippen LogP contribution in [0.3, 0.4) is 0 Å². The standard InChI is InChI=1S/C17H31N5S/c1-5-18-17(20-12-16-21-13(2)14(3)23-16)19-9-6-15-7-10-22(4)11-8-15/h15H,5-12H2,1-4H3,(H2,18,19,20). The molecule has 0 aromatic carbocycles. The molecule has 2 rings (SSSR count). The van der Waals surface area contributed by atoms with Crippen LogP contribution in [0.25, 0.3) is 0 Å². The smallest absolute Gasteiger partial charge is 0.191 e. The Bertz CT molecular complexity index is 484. The van der Waals surface area contributed by atoms with Crippen molar-refractivity contribution in [1.82, 2.24) is 20.5 Å². The maximum Gasteiger partial charge on any atom is 0.191 e. The fourth-order valence-electron chi connectivity index (χ4n) is 2.84. The van der Waals surface area contributed by atoms with Crippen LogP contribution in [0.5, 0.6) is 0 Å². The number of likely N-dealkylation sites (tertiary alicyclic amines) is 1. The Balaban J connectivity index is 1.77. The second-order valence-electron chi connectivity index (χ2n) is 6.41. The normalized spacial score (nSPS) is 17.5. The first kappa shape index (κ1) is 18.2. The lowest BCUT2D eigenvalue weighted by Gasteiger charge is -2.29. The largest absolute Gasteiger partial charge is 0.357 e. The summed E-state index contributed by atoms with van der Waals surface area (Å²) in [6.45, 7) is 11.3. The monoisotopic (exact) mass is 337 g/mol. The Morgan fingerprint density at radius 3 is 2.65 bits per heavy atom. The number of piperidine rings is 1. The number of aliphatic imine (C=N–C) groups is 1. The van der Waals surface area contributed by atoms with Crippen LogP contribution in [0.15, 0.2) is 4.99 Å². The SMILES string of the molecule is CCNC(=NCc1nc(C)c(C)s1)NCCC1CCN(C)CC1. The van der Waals surface area contributed by atoms with Crippen LogP contribution >= 0.6 is 11.3 Å². The zero-order chi connectivity index (χ0) is 16.7. The predicted molar refractivity (Wildman–Crippen MR) is 99.2 cm³/mol. The van der Waals surface area contributed by atoms with Crippen LogP contribution in [0.4, 0.5) is 0 Å². The average Bonchev–Trinajstić information content (AvgIpc) is 2.85. The summed E-state index contributed by atoms with van der Waals surface area (Å²) >= 11 is 1.74. The molecule has 2 N–H and O–H groups in total. The van der Waals surface area contributed by atoms with Crippen molar-refractivity contribution in [3.63, 3.8) is 0 Å². The summed E-state index contributed by atoms with van der Waals surface area (Å²) < 4.78 is 0. The highest BCUT2D eigenvalue weighted by Gasteiger charge is 2.16. The number of thiazole rings is 1. The van der Waals surface area contributed by atoms with Crippen molar-refractivity contribution in [2.24, 2.45) is 10.9 Å². The molecule has 0 unspecified atom stereocenters. The van der Waals surface area contributed by atoms with Gasteiger partial charge in [-0.3, -0.25) is 0 Å². The fourth-order valence-corrected chi connectivity index (χ4v) is 3.70. The minimum atomic E-state index is 0.656. The molecule has 5 nitrogen and oxygen atoms in total. The second-order valence-corrected chi connectivity index (χ2v) is 7.69. The van der Waals surface area contributed by atoms with Crippen molar-refractivity contribution in [3.8, 4) is 0 Å². The van der Waals surface area contributed by atoms with Crippen molar-refractivity contribution in [1.29, 1.82) is 0 Å². The number of aromatic nitrogens is 1. The van der Waals surface area contributed by atoms with Gasteiger partial charge in [-0.2, -0.15) is 0 Å². The highest BCUT2D eigenvalue weighted by atomic mass is 32.1. The summed E-state index contributed by atoms with van der Waals surface area (Å²) in [5.74, 6) is 1.76. The summed E-state index contributed by atoms with van der Waals surface area (Å²) in [5, 5.41) is 7.89. The lowest BCUT2D eigenvalue weighted by Crippen LogP contribution is -2.39. The zero-order valence-corrected chi connectivity index (χ0v) is 15.8. The Kier molecular flexibility index (Phi) is 7.30. The van der Waals surface area contributed by atoms with Crippen molar-refractivity contribution in [2.75, 3.05) is 33.2 Å². The third-order valence-electron chi connectivity index (χ3n) is 4.47. The second kappa shape index (κ2) is 9.23. The van der Waals surface area contributed by atoms with E-state index in [4.69, 9.17) is 0 Å². The van der Waals surface area contributed by atoms with E-state index < -0.39 is 0 Å². The summed E-state index contributed by atoms with van der Waals surface area (Å²) in [7, 11) is 2.21. The average molecular weight is 338 g/mol. The summed E-state index contributed by atoms with van der Waals surface area (Å²) in [5.41, 5.74) is 1.13. The first-order valence-electron chi connectivity index (χ1n) is 8.72. The van der Waals surface area contributed by atoms with Crippen LogP contribution in [-0.2, 0) is 6.54 Å². The molecule has 2 heterocycles. The van der Waals surface area contributed by atoms with Gasteiger partial charge in [-0.15, -0.1) is 11.3 Å². The Hall–Kier alpha value is -1.14. The summed E-state index contributed by atoms with van der Waals surface area (Å²) in [6, 6.07) is 0. The number of hydrogen-bond donors (Lipinski definition) is 2. The minimum absolute atomic E-state index is 0.656. The van der Waals surface area contributed by atoms with Gasteiger partial charge >= 0.3 is 0 Å². The van der Waals surface area contributed by atoms with E-state index in [0.29, 0.717) is 6.54 Å². The third-order valence-corrected chi connectivity index (χ3v) is 5.53. The molecule has 6 heteroatoms. The number of aryl methyl sites for hydroxylation is 2. The first-order chi connectivity index (χ1) is 11.1. The molecule has 0 bridgehead atoms. The van der Waals surface area contributed by atoms with Crippen molar-refractivity contribution >= 4 is 17.3 Å². The molecule has 1 aliphatic heterocycles. The summed E-state index contributed by atoms with van der Waals surface area (Å²) in [6.07, 6.45) is 3.88. The van der Waals surface area contributed by atoms with E-state index in [9.17, 15) is 0 Å². The number of nitrogens with one attached hydrogen (secondary N) is 2. The molecule has 0 radical (unpaired) electrons. The van der Waals surface area contributed by atoms with Gasteiger partial charge < -0.3 is 15.5 Å². The molecule has 1 saturated heterocycles. The van der Waals surface area contributed by atoms with Crippen LogP contribution < -0.4 is 10.6 Å². The molecule has 0 atom stereocenters. The van der Waals surface area contributed by atoms with Gasteiger partial charge in [-0.05, 0) is 66.1 Å². The Labute approximate surface area is 144 Å². The molecule has 0 amide bonds. The Morgan fingerprint density at radius 1 is 1.30 bits per heavy atom. The van der Waals surface area contributed by atoms with Gasteiger partial charge in [0.25, 0.3) is 0 Å². The topological polar surface area (TPSA) is 52.6 Å². The molecule has 0 spiro atoms. The maximum absolute atomic E-state index is 4.67. The quantitative estimate of drug-likeness (QED) is 0.619. The highest BCUT2D eigenvalue weighted by molar-refractivity contribution is 7.11. The number of guanidine groups is 1. The zero-order valence-electron chi connectivity index (χ0n) is 15.0. The molecular weight excluding hydrogens is 306 g/mol. The van der Waals surface area contributed by atoms with Gasteiger partial charge in [0.1, 0.15) is 5.01 Å². The highest BCUT2D eigenvalue weighted by Crippen LogP contribution is 2.19. The van der Waals surface area contributed by atoms with Crippen LogP contribution in [0.2, 0.25) is 0 Å². The lowest BCUT2D eigenvalue weighted by molar-refractivity contribution is 0.213. The minimum Gasteiger partial charge on any atom is -0.357 e. The third kappa shape index (κ3) is 6.11. The van der Waals surface area contributed by atoms with Gasteiger partial charge in [0.15, 0.2) is 5.96 Å². The first-order valence-corrected chi connectivity index (χ1v) is 9.53. The van der Waals surface area contributed by atoms with E-state index in [1.807, 2.05) is 0 Å². The number of nitrogens with zero attached hydrogens (tertiary/aromatic N) is 3. The van der Waals surface area contributed by atoms with Gasteiger partial charge in [-0.1, -0.05) is 0 Å². The van der Waals surface area contributed by atoms with Crippen LogP contribution in [0, 0.1) is 19.8 Å². The molecule has 0 saturated carbocycles. The molecule has 23 heavy (non-hydrogen) atoms. The van der Waals surface area contributed by atoms with Crippen LogP contribution in [0.1, 0.15) is 41.8 Å². The van der Waals surface area contributed by atoms with Gasteiger partial charge in [0.2, 0.25) is 0 Å². The Morgan fingerprint density at radius 2 is 2.04 bits per heavy atom. The van der Waals surface area contributed by atoms with E-state index in [0.717, 1.165) is 35.7 Å². The van der Waals surface area contributed by atoms with Crippen molar-refractivity contribution in [2.45, 2.75) is 46.6 Å². The maximum atomic E-state index is 4.67. The van der Waals surface area contributed by atoms with Gasteiger partial charge in [0.05, 0.1) is 12.2 Å². The molecule has 1 aromatic rings. The summed E-state index contributed by atoms with van der Waals surface area (Å²) in [4.78, 5) is 12.9. The fraction of sp³-hybridized carbons (Fsp3) is 0.765. The van der Waals surface area contributed by atoms with E-state index in [-0.39, 0.29) is 0 Å². The van der Waals surface area contributed by atoms with Gasteiger partial charge in [-0.25, -0.2) is 9.98 Å². The van der Waals surface area contributed by atoms with Crippen LogP contribution in [-0.4, -0.2) is 49.1 Å². The molecule has 0 aliphatic carbocycles. The molecule has 1 aliphatic rings. The van der Waals surface area contributed by atoms with E-state index >= 15 is 0 Å². The molecule has 130 valence electrons. The van der Waals surface area contributed by atoms with Crippen molar-refractivity contribution < 1.29 is 0 Å². The van der Waals surface area contributed by atoms with E-state index in [1.165, 1.54) is 37.2 Å². The number of hydrogen-bond acceptors (Lipinski definition) is 4. The molecule has 1 fully saturated rings. The molecular formula is C17H31N5S.